The van der Waals surface area contributed by atoms with Crippen LogP contribution in [-0.4, -0.2) is 11.1 Å². The van der Waals surface area contributed by atoms with Gasteiger partial charge in [0.05, 0.1) is 0 Å². The minimum absolute atomic E-state index is 0.394. The summed E-state index contributed by atoms with van der Waals surface area (Å²) in [6, 6.07) is 3.29. The highest BCUT2D eigenvalue weighted by Crippen LogP contribution is 2.06. The maximum atomic E-state index is 10.1. The molecule has 0 spiro atoms. The van der Waals surface area contributed by atoms with Gasteiger partial charge < -0.3 is 5.11 Å². The molecule has 0 radical (unpaired) electrons. The monoisotopic (exact) mass is 160 g/mol. The first-order valence-corrected chi connectivity index (χ1v) is 3.29. The molecule has 0 atom stereocenters. The number of hydrazine groups is 1. The van der Waals surface area contributed by atoms with Gasteiger partial charge in [-0.3, -0.25) is 11.7 Å². The van der Waals surface area contributed by atoms with Crippen molar-refractivity contribution in [2.45, 2.75) is 0 Å². The van der Waals surface area contributed by atoms with Crippen LogP contribution in [0.3, 0.4) is 0 Å². The van der Waals surface area contributed by atoms with Crippen molar-refractivity contribution in [2.75, 3.05) is 0 Å². The van der Waals surface area contributed by atoms with Crippen molar-refractivity contribution in [1.29, 1.82) is 0 Å². The van der Waals surface area contributed by atoms with Crippen LogP contribution in [0.1, 0.15) is 9.67 Å². The van der Waals surface area contributed by atoms with Gasteiger partial charge in [-0.15, -0.1) is 11.3 Å². The molecule has 1 aromatic rings. The average molecular weight is 160 g/mol. The number of hydrogen-bond acceptors (Lipinski definition) is 4. The van der Waals surface area contributed by atoms with Gasteiger partial charge in [-0.1, -0.05) is 6.07 Å². The molecule has 0 fully saturated rings. The van der Waals surface area contributed by atoms with Crippen LogP contribution >= 0.6 is 11.3 Å². The molecule has 1 rings (SSSR count). The maximum Gasteiger partial charge on any atom is 0.345 e. The van der Waals surface area contributed by atoms with Gasteiger partial charge in [0, 0.05) is 0 Å². The molecular weight excluding hydrogens is 152 g/mol. The SMILES string of the molecule is NN.O=C(O)c1cccs1. The van der Waals surface area contributed by atoms with E-state index in [-0.39, 0.29) is 0 Å². The third-order valence-electron chi connectivity index (χ3n) is 0.732. The van der Waals surface area contributed by atoms with Crippen LogP contribution in [0.15, 0.2) is 17.5 Å². The lowest BCUT2D eigenvalue weighted by atomic mass is 10.5. The zero-order valence-corrected chi connectivity index (χ0v) is 5.97. The summed E-state index contributed by atoms with van der Waals surface area (Å²) >= 11 is 1.23. The first-order valence-electron chi connectivity index (χ1n) is 2.41. The Balaban J connectivity index is 0.000000371. The summed E-state index contributed by atoms with van der Waals surface area (Å²) in [5, 5.41) is 10.0. The Bertz CT molecular complexity index is 186. The van der Waals surface area contributed by atoms with Crippen LogP contribution in [0.25, 0.3) is 0 Å². The van der Waals surface area contributed by atoms with E-state index in [4.69, 9.17) is 5.11 Å². The lowest BCUT2D eigenvalue weighted by Crippen LogP contribution is -2.02. The highest BCUT2D eigenvalue weighted by molar-refractivity contribution is 7.11. The highest BCUT2D eigenvalue weighted by Gasteiger charge is 1.99. The van der Waals surface area contributed by atoms with Gasteiger partial charge in [0.1, 0.15) is 4.88 Å². The van der Waals surface area contributed by atoms with Gasteiger partial charge >= 0.3 is 5.97 Å². The van der Waals surface area contributed by atoms with E-state index >= 15 is 0 Å². The number of nitrogens with two attached hydrogens (primary N) is 2. The zero-order chi connectivity index (χ0) is 7.98. The van der Waals surface area contributed by atoms with Crippen LogP contribution < -0.4 is 11.7 Å². The standard InChI is InChI=1S/C5H4O2S.H4N2/c6-5(7)4-2-1-3-8-4;1-2/h1-3H,(H,6,7);1-2H2. The Morgan fingerprint density at radius 1 is 1.60 bits per heavy atom. The molecule has 0 aliphatic carbocycles. The van der Waals surface area contributed by atoms with E-state index in [0.717, 1.165) is 0 Å². The van der Waals surface area contributed by atoms with Crippen LogP contribution in [0, 0.1) is 0 Å². The summed E-state index contributed by atoms with van der Waals surface area (Å²) in [5.74, 6) is 7.15. The van der Waals surface area contributed by atoms with E-state index in [0.29, 0.717) is 4.88 Å². The minimum Gasteiger partial charge on any atom is -0.477 e. The summed E-state index contributed by atoms with van der Waals surface area (Å²) in [6.45, 7) is 0. The molecule has 56 valence electrons. The molecule has 0 aromatic carbocycles. The quantitative estimate of drug-likeness (QED) is 0.406. The maximum absolute atomic E-state index is 10.1. The van der Waals surface area contributed by atoms with Crippen molar-refractivity contribution in [2.24, 2.45) is 11.7 Å². The van der Waals surface area contributed by atoms with Gasteiger partial charge in [0.15, 0.2) is 0 Å². The zero-order valence-electron chi connectivity index (χ0n) is 5.15. The topological polar surface area (TPSA) is 89.3 Å². The molecule has 1 aromatic heterocycles. The molecule has 4 nitrogen and oxygen atoms in total. The van der Waals surface area contributed by atoms with Gasteiger partial charge in [-0.2, -0.15) is 0 Å². The average Bonchev–Trinajstić information content (AvgIpc) is 2.42. The molecule has 0 saturated carbocycles. The number of hydrogen-bond donors (Lipinski definition) is 3. The van der Waals surface area contributed by atoms with Crippen molar-refractivity contribution < 1.29 is 9.90 Å². The summed E-state index contributed by atoms with van der Waals surface area (Å²) in [5.41, 5.74) is 0. The summed E-state index contributed by atoms with van der Waals surface area (Å²) in [6.07, 6.45) is 0. The van der Waals surface area contributed by atoms with Crippen LogP contribution in [-0.2, 0) is 0 Å². The fourth-order valence-electron chi connectivity index (χ4n) is 0.400. The first-order chi connectivity index (χ1) is 4.80. The molecule has 0 aliphatic rings. The number of carboxylic acid groups (broad SMARTS) is 1. The van der Waals surface area contributed by atoms with E-state index < -0.39 is 5.97 Å². The Labute approximate surface area is 62.0 Å². The van der Waals surface area contributed by atoms with Crippen molar-refractivity contribution in [1.82, 2.24) is 0 Å². The third-order valence-corrected chi connectivity index (χ3v) is 1.59. The van der Waals surface area contributed by atoms with Crippen LogP contribution in [0.4, 0.5) is 0 Å². The van der Waals surface area contributed by atoms with Crippen molar-refractivity contribution in [3.05, 3.63) is 22.4 Å². The Morgan fingerprint density at radius 2 is 2.20 bits per heavy atom. The van der Waals surface area contributed by atoms with E-state index in [1.54, 1.807) is 17.5 Å². The molecule has 0 amide bonds. The predicted molar refractivity (Wildman–Crippen MR) is 39.7 cm³/mol. The number of carboxylic acids is 1. The van der Waals surface area contributed by atoms with Gasteiger partial charge in [-0.05, 0) is 11.4 Å². The smallest absolute Gasteiger partial charge is 0.345 e. The van der Waals surface area contributed by atoms with Gasteiger partial charge in [0.2, 0.25) is 0 Å². The van der Waals surface area contributed by atoms with E-state index in [1.807, 2.05) is 0 Å². The fraction of sp³-hybridized carbons (Fsp3) is 0. The van der Waals surface area contributed by atoms with E-state index in [2.05, 4.69) is 11.7 Å². The number of aromatic carboxylic acids is 1. The first kappa shape index (κ1) is 9.09. The number of rotatable bonds is 1. The second-order valence-corrected chi connectivity index (χ2v) is 2.23. The molecule has 0 aliphatic heterocycles. The summed E-state index contributed by atoms with van der Waals surface area (Å²) in [7, 11) is 0. The highest BCUT2D eigenvalue weighted by atomic mass is 32.1. The minimum atomic E-state index is -0.847. The number of thiophene rings is 1. The Kier molecular flexibility index (Phi) is 4.47. The second-order valence-electron chi connectivity index (χ2n) is 1.28. The number of carbonyl (C=O) groups is 1. The third kappa shape index (κ3) is 2.58. The molecule has 5 heteroatoms. The van der Waals surface area contributed by atoms with Gasteiger partial charge in [-0.25, -0.2) is 4.79 Å². The van der Waals surface area contributed by atoms with Gasteiger partial charge in [0.25, 0.3) is 0 Å². The van der Waals surface area contributed by atoms with Crippen molar-refractivity contribution in [3.63, 3.8) is 0 Å². The molecule has 0 unspecified atom stereocenters. The second kappa shape index (κ2) is 4.92. The van der Waals surface area contributed by atoms with E-state index in [1.165, 1.54) is 11.3 Å². The summed E-state index contributed by atoms with van der Waals surface area (Å²) in [4.78, 5) is 10.5. The lowest BCUT2D eigenvalue weighted by Gasteiger charge is -1.78. The van der Waals surface area contributed by atoms with Crippen molar-refractivity contribution >= 4 is 17.3 Å². The summed E-state index contributed by atoms with van der Waals surface area (Å²) < 4.78 is 0. The molecule has 5 N–H and O–H groups in total. The Morgan fingerprint density at radius 3 is 2.40 bits per heavy atom. The predicted octanol–water partition coefficient (Wildman–Crippen LogP) is 0.265. The van der Waals surface area contributed by atoms with Crippen molar-refractivity contribution in [3.8, 4) is 0 Å². The normalized spacial score (nSPS) is 7.80. The Hall–Kier alpha value is -0.910. The molecule has 0 saturated heterocycles. The molecular formula is C5H8N2O2S. The fourth-order valence-corrected chi connectivity index (χ4v) is 0.962. The van der Waals surface area contributed by atoms with Crippen LogP contribution in [0.5, 0.6) is 0 Å². The van der Waals surface area contributed by atoms with E-state index in [9.17, 15) is 4.79 Å². The molecule has 10 heavy (non-hydrogen) atoms. The largest absolute Gasteiger partial charge is 0.477 e. The van der Waals surface area contributed by atoms with Crippen LogP contribution in [0.2, 0.25) is 0 Å². The molecule has 0 bridgehead atoms. The lowest BCUT2D eigenvalue weighted by molar-refractivity contribution is 0.0702. The molecule has 1 heterocycles.